The number of hydrogen-bond donors (Lipinski definition) is 0. The first-order valence-electron chi connectivity index (χ1n) is 8.37. The first kappa shape index (κ1) is 16.4. The van der Waals surface area contributed by atoms with Gasteiger partial charge in [-0.15, -0.1) is 0 Å². The Labute approximate surface area is 141 Å². The van der Waals surface area contributed by atoms with Crippen molar-refractivity contribution in [3.8, 4) is 0 Å². The summed E-state index contributed by atoms with van der Waals surface area (Å²) in [5, 5.41) is 3.83. The van der Waals surface area contributed by atoms with Gasteiger partial charge in [0.1, 0.15) is 11.3 Å². The Morgan fingerprint density at radius 3 is 2.71 bits per heavy atom. The third-order valence-electron chi connectivity index (χ3n) is 4.48. The van der Waals surface area contributed by atoms with Gasteiger partial charge in [-0.1, -0.05) is 24.2 Å². The molecule has 0 atom stereocenters. The number of rotatable bonds is 5. The zero-order valence-electron chi connectivity index (χ0n) is 14.1. The Bertz CT molecular complexity index is 776. The van der Waals surface area contributed by atoms with Crippen LogP contribution in [0.3, 0.4) is 0 Å². The molecule has 1 aliphatic rings. The predicted octanol–water partition coefficient (Wildman–Crippen LogP) is 3.46. The first-order valence-corrected chi connectivity index (χ1v) is 8.37. The summed E-state index contributed by atoms with van der Waals surface area (Å²) in [5.41, 5.74) is 4.04. The lowest BCUT2D eigenvalue weighted by Gasteiger charge is -2.16. The van der Waals surface area contributed by atoms with Gasteiger partial charge in [0.25, 0.3) is 0 Å². The second kappa shape index (κ2) is 6.99. The third kappa shape index (κ3) is 3.25. The van der Waals surface area contributed by atoms with Gasteiger partial charge in [-0.2, -0.15) is 0 Å². The lowest BCUT2D eigenvalue weighted by Crippen LogP contribution is -2.16. The highest BCUT2D eigenvalue weighted by molar-refractivity contribution is 6.00. The van der Waals surface area contributed by atoms with Crippen molar-refractivity contribution in [2.24, 2.45) is 0 Å². The maximum Gasteiger partial charge on any atom is 0.344 e. The third-order valence-corrected chi connectivity index (χ3v) is 4.48. The van der Waals surface area contributed by atoms with Crippen LogP contribution in [0.1, 0.15) is 63.1 Å². The number of carbonyl (C=O) groups is 2. The van der Waals surface area contributed by atoms with Crippen LogP contribution in [-0.2, 0) is 24.0 Å². The summed E-state index contributed by atoms with van der Waals surface area (Å²) in [4.78, 5) is 24.5. The number of aromatic nitrogens is 1. The summed E-state index contributed by atoms with van der Waals surface area (Å²) in [6.45, 7) is 3.27. The number of fused-ring (bicyclic) bond motifs is 1. The molecule has 126 valence electrons. The minimum absolute atomic E-state index is 0.191. The quantitative estimate of drug-likeness (QED) is 0.621. The monoisotopic (exact) mass is 327 g/mol. The standard InChI is InChI=1S/C19H21NO4/c1-3-16-18(12(2)24-20-16)19(22)23-11-17(21)15-9-8-13-6-4-5-7-14(13)10-15/h8-10H,3-7,11H2,1-2H3. The number of ketones is 1. The molecular weight excluding hydrogens is 306 g/mol. The van der Waals surface area contributed by atoms with E-state index in [2.05, 4.69) is 5.16 Å². The molecule has 1 heterocycles. The van der Waals surface area contributed by atoms with Gasteiger partial charge in [-0.25, -0.2) is 4.79 Å². The summed E-state index contributed by atoms with van der Waals surface area (Å²) in [6, 6.07) is 5.78. The number of aryl methyl sites for hydroxylation is 4. The van der Waals surface area contributed by atoms with Crippen LogP contribution in [0.2, 0.25) is 0 Å². The van der Waals surface area contributed by atoms with Crippen molar-refractivity contribution in [1.82, 2.24) is 5.16 Å². The maximum absolute atomic E-state index is 12.3. The number of nitrogens with zero attached hydrogens (tertiary/aromatic N) is 1. The smallest absolute Gasteiger partial charge is 0.344 e. The minimum Gasteiger partial charge on any atom is -0.454 e. The molecular formula is C19H21NO4. The molecule has 0 amide bonds. The van der Waals surface area contributed by atoms with Crippen LogP contribution in [0.15, 0.2) is 22.7 Å². The summed E-state index contributed by atoms with van der Waals surface area (Å²) in [5.74, 6) is -0.334. The number of benzene rings is 1. The number of hydrogen-bond acceptors (Lipinski definition) is 5. The van der Waals surface area contributed by atoms with Crippen LogP contribution in [-0.4, -0.2) is 23.5 Å². The van der Waals surface area contributed by atoms with Gasteiger partial charge < -0.3 is 9.26 Å². The average molecular weight is 327 g/mol. The molecule has 0 aliphatic heterocycles. The van der Waals surface area contributed by atoms with Crippen LogP contribution < -0.4 is 0 Å². The molecule has 5 heteroatoms. The molecule has 0 unspecified atom stereocenters. The molecule has 1 aliphatic carbocycles. The fraction of sp³-hybridized carbons (Fsp3) is 0.421. The van der Waals surface area contributed by atoms with Crippen LogP contribution in [0.25, 0.3) is 0 Å². The molecule has 5 nitrogen and oxygen atoms in total. The first-order chi connectivity index (χ1) is 11.6. The number of esters is 1. The second-order valence-corrected chi connectivity index (χ2v) is 6.10. The Morgan fingerprint density at radius 2 is 1.96 bits per heavy atom. The zero-order valence-corrected chi connectivity index (χ0v) is 14.1. The Balaban J connectivity index is 1.67. The molecule has 2 aromatic rings. The van der Waals surface area contributed by atoms with Crippen LogP contribution >= 0.6 is 0 Å². The maximum atomic E-state index is 12.3. The van der Waals surface area contributed by atoms with Crippen molar-refractivity contribution < 1.29 is 18.8 Å². The largest absolute Gasteiger partial charge is 0.454 e. The van der Waals surface area contributed by atoms with E-state index in [4.69, 9.17) is 9.26 Å². The van der Waals surface area contributed by atoms with Crippen molar-refractivity contribution >= 4 is 11.8 Å². The van der Waals surface area contributed by atoms with Gasteiger partial charge in [0, 0.05) is 5.56 Å². The molecule has 0 fully saturated rings. The zero-order chi connectivity index (χ0) is 17.1. The number of ether oxygens (including phenoxy) is 1. The van der Waals surface area contributed by atoms with Crippen molar-refractivity contribution in [2.45, 2.75) is 46.0 Å². The van der Waals surface area contributed by atoms with Crippen LogP contribution in [0.5, 0.6) is 0 Å². The fourth-order valence-electron chi connectivity index (χ4n) is 3.11. The number of Topliss-reactive ketones (excluding diaryl/α,β-unsaturated/α-hetero) is 1. The highest BCUT2D eigenvalue weighted by Crippen LogP contribution is 2.22. The fourth-order valence-corrected chi connectivity index (χ4v) is 3.11. The molecule has 0 saturated carbocycles. The molecule has 0 radical (unpaired) electrons. The van der Waals surface area contributed by atoms with Crippen molar-refractivity contribution in [3.05, 3.63) is 51.9 Å². The highest BCUT2D eigenvalue weighted by atomic mass is 16.5. The Kier molecular flexibility index (Phi) is 4.79. The number of carbonyl (C=O) groups excluding carboxylic acids is 2. The molecule has 0 saturated heterocycles. The predicted molar refractivity (Wildman–Crippen MR) is 88.3 cm³/mol. The second-order valence-electron chi connectivity index (χ2n) is 6.10. The summed E-state index contributed by atoms with van der Waals surface area (Å²) < 4.78 is 10.2. The topological polar surface area (TPSA) is 69.4 Å². The molecule has 1 aromatic heterocycles. The molecule has 0 N–H and O–H groups in total. The van der Waals surface area contributed by atoms with Gasteiger partial charge in [0.05, 0.1) is 5.69 Å². The van der Waals surface area contributed by atoms with E-state index in [1.54, 1.807) is 6.92 Å². The van der Waals surface area contributed by atoms with Gasteiger partial charge in [0.2, 0.25) is 0 Å². The van der Waals surface area contributed by atoms with Crippen molar-refractivity contribution in [1.29, 1.82) is 0 Å². The lowest BCUT2D eigenvalue weighted by molar-refractivity contribution is 0.0472. The van der Waals surface area contributed by atoms with E-state index in [1.165, 1.54) is 17.5 Å². The van der Waals surface area contributed by atoms with Gasteiger partial charge >= 0.3 is 5.97 Å². The van der Waals surface area contributed by atoms with Gasteiger partial charge in [-0.3, -0.25) is 4.79 Å². The molecule has 0 spiro atoms. The Hall–Kier alpha value is -2.43. The van der Waals surface area contributed by atoms with E-state index in [0.29, 0.717) is 29.0 Å². The molecule has 0 bridgehead atoms. The van der Waals surface area contributed by atoms with E-state index in [1.807, 2.05) is 25.1 Å². The van der Waals surface area contributed by atoms with Gasteiger partial charge in [0.15, 0.2) is 12.4 Å². The Morgan fingerprint density at radius 1 is 1.21 bits per heavy atom. The van der Waals surface area contributed by atoms with E-state index >= 15 is 0 Å². The van der Waals surface area contributed by atoms with Crippen molar-refractivity contribution in [2.75, 3.05) is 6.61 Å². The summed E-state index contributed by atoms with van der Waals surface area (Å²) in [7, 11) is 0. The van der Waals surface area contributed by atoms with Crippen molar-refractivity contribution in [3.63, 3.8) is 0 Å². The van der Waals surface area contributed by atoms with E-state index in [0.717, 1.165) is 19.3 Å². The summed E-state index contributed by atoms with van der Waals surface area (Å²) >= 11 is 0. The van der Waals surface area contributed by atoms with Gasteiger partial charge in [-0.05, 0) is 56.2 Å². The summed E-state index contributed by atoms with van der Waals surface area (Å²) in [6.07, 6.45) is 5.02. The lowest BCUT2D eigenvalue weighted by atomic mass is 9.90. The van der Waals surface area contributed by atoms with Crippen LogP contribution in [0, 0.1) is 6.92 Å². The van der Waals surface area contributed by atoms with E-state index in [9.17, 15) is 9.59 Å². The normalized spacial score (nSPS) is 13.4. The SMILES string of the molecule is CCc1noc(C)c1C(=O)OCC(=O)c1ccc2c(c1)CCCC2. The van der Waals surface area contributed by atoms with Crippen LogP contribution in [0.4, 0.5) is 0 Å². The molecule has 1 aromatic carbocycles. The minimum atomic E-state index is -0.558. The molecule has 24 heavy (non-hydrogen) atoms. The highest BCUT2D eigenvalue weighted by Gasteiger charge is 2.22. The molecule has 3 rings (SSSR count). The average Bonchev–Trinajstić information content (AvgIpc) is 2.99. The van der Waals surface area contributed by atoms with E-state index < -0.39 is 5.97 Å². The van der Waals surface area contributed by atoms with E-state index in [-0.39, 0.29) is 12.4 Å².